The standard InChI is InChI=1S/C33H32F2N4O3S/c1-20-8-6-12-27(21(20)2)39-33-30(31(37-39)22-9-4-3-5-10-22)32(25-14-13-23(34)16-26(25)35)43-19-29(41)38(33)18-28(40)36-17-24-11-7-15-42-24/h3-6,8-10,12-14,16,24,32H,7,11,15,17-19H2,1-2H3,(H,36,40)/t24-,32-/m1/s1. The molecule has 6 rings (SSSR count). The quantitative estimate of drug-likeness (QED) is 0.285. The number of hydrogen-bond acceptors (Lipinski definition) is 5. The maximum Gasteiger partial charge on any atom is 0.240 e. The minimum Gasteiger partial charge on any atom is -0.376 e. The van der Waals surface area contributed by atoms with E-state index in [0.717, 1.165) is 41.3 Å². The first-order valence-corrected chi connectivity index (χ1v) is 15.4. The SMILES string of the molecule is Cc1cccc(-n2nc(-c3ccccc3)c3c2N(CC(=O)NC[C@H]2CCCO2)C(=O)CS[C@@H]3c2ccc(F)cc2F)c1C. The van der Waals surface area contributed by atoms with Crippen LogP contribution in [0.3, 0.4) is 0 Å². The van der Waals surface area contributed by atoms with Crippen molar-refractivity contribution in [3.05, 3.63) is 101 Å². The second kappa shape index (κ2) is 12.3. The third kappa shape index (κ3) is 5.81. The Morgan fingerprint density at radius 2 is 1.91 bits per heavy atom. The van der Waals surface area contributed by atoms with Crippen LogP contribution >= 0.6 is 11.8 Å². The van der Waals surface area contributed by atoms with Gasteiger partial charge in [-0.1, -0.05) is 48.5 Å². The van der Waals surface area contributed by atoms with Crippen LogP contribution in [0.4, 0.5) is 14.6 Å². The molecule has 7 nitrogen and oxygen atoms in total. The van der Waals surface area contributed by atoms with Crippen LogP contribution in [0.2, 0.25) is 0 Å². The number of ether oxygens (including phenoxy) is 1. The summed E-state index contributed by atoms with van der Waals surface area (Å²) < 4.78 is 36.8. The van der Waals surface area contributed by atoms with E-state index >= 15 is 4.39 Å². The Kier molecular flexibility index (Phi) is 8.32. The molecule has 10 heteroatoms. The molecule has 2 amide bonds. The van der Waals surface area contributed by atoms with Gasteiger partial charge in [-0.25, -0.2) is 13.5 Å². The first kappa shape index (κ1) is 29.1. The minimum atomic E-state index is -0.711. The summed E-state index contributed by atoms with van der Waals surface area (Å²) in [5.41, 5.74) is 4.86. The summed E-state index contributed by atoms with van der Waals surface area (Å²) >= 11 is 1.24. The second-order valence-electron chi connectivity index (χ2n) is 10.9. The van der Waals surface area contributed by atoms with Crippen LogP contribution in [0.15, 0.2) is 66.7 Å². The number of benzene rings is 3. The van der Waals surface area contributed by atoms with Crippen molar-refractivity contribution in [2.75, 3.05) is 30.3 Å². The van der Waals surface area contributed by atoms with Gasteiger partial charge in [-0.05, 0) is 49.9 Å². The molecule has 0 radical (unpaired) electrons. The van der Waals surface area contributed by atoms with E-state index in [4.69, 9.17) is 9.84 Å². The Hall–Kier alpha value is -4.02. The number of amides is 2. The molecule has 1 saturated heterocycles. The van der Waals surface area contributed by atoms with Crippen molar-refractivity contribution in [1.82, 2.24) is 15.1 Å². The third-order valence-corrected chi connectivity index (χ3v) is 9.27. The smallest absolute Gasteiger partial charge is 0.240 e. The Bertz CT molecular complexity index is 1670. The Morgan fingerprint density at radius 1 is 1.09 bits per heavy atom. The van der Waals surface area contributed by atoms with Crippen LogP contribution in [0, 0.1) is 25.5 Å². The lowest BCUT2D eigenvalue weighted by atomic mass is 9.99. The molecule has 3 heterocycles. The number of hydrogen-bond donors (Lipinski definition) is 1. The van der Waals surface area contributed by atoms with Crippen molar-refractivity contribution < 1.29 is 23.1 Å². The van der Waals surface area contributed by atoms with Gasteiger partial charge in [-0.3, -0.25) is 14.5 Å². The van der Waals surface area contributed by atoms with Gasteiger partial charge in [0.05, 0.1) is 28.5 Å². The summed E-state index contributed by atoms with van der Waals surface area (Å²) in [5, 5.41) is 7.28. The van der Waals surface area contributed by atoms with Crippen molar-refractivity contribution in [3.63, 3.8) is 0 Å². The predicted octanol–water partition coefficient (Wildman–Crippen LogP) is 5.90. The highest BCUT2D eigenvalue weighted by Gasteiger charge is 2.39. The van der Waals surface area contributed by atoms with Gasteiger partial charge < -0.3 is 10.1 Å². The molecule has 1 aromatic heterocycles. The summed E-state index contributed by atoms with van der Waals surface area (Å²) in [7, 11) is 0. The van der Waals surface area contributed by atoms with Crippen molar-refractivity contribution in [2.24, 2.45) is 0 Å². The summed E-state index contributed by atoms with van der Waals surface area (Å²) in [6.45, 7) is 4.75. The number of nitrogens with one attached hydrogen (secondary N) is 1. The average Bonchev–Trinajstić information content (AvgIpc) is 3.63. The molecular formula is C33H32F2N4O3S. The van der Waals surface area contributed by atoms with Crippen molar-refractivity contribution in [3.8, 4) is 16.9 Å². The van der Waals surface area contributed by atoms with E-state index in [9.17, 15) is 14.0 Å². The Labute approximate surface area is 253 Å². The lowest BCUT2D eigenvalue weighted by molar-refractivity contribution is -0.123. The molecule has 1 fully saturated rings. The molecular weight excluding hydrogens is 570 g/mol. The highest BCUT2D eigenvalue weighted by Crippen LogP contribution is 2.49. The molecule has 222 valence electrons. The van der Waals surface area contributed by atoms with Gasteiger partial charge in [-0.2, -0.15) is 5.10 Å². The van der Waals surface area contributed by atoms with Gasteiger partial charge in [0, 0.05) is 35.9 Å². The zero-order valence-corrected chi connectivity index (χ0v) is 24.8. The van der Waals surface area contributed by atoms with Crippen LogP contribution in [0.1, 0.15) is 40.3 Å². The second-order valence-corrected chi connectivity index (χ2v) is 12.0. The largest absolute Gasteiger partial charge is 0.376 e. The highest BCUT2D eigenvalue weighted by molar-refractivity contribution is 8.00. The topological polar surface area (TPSA) is 76.5 Å². The monoisotopic (exact) mass is 602 g/mol. The normalized spacial score (nSPS) is 18.4. The number of carbonyl (C=O) groups is 2. The predicted molar refractivity (Wildman–Crippen MR) is 163 cm³/mol. The number of fused-ring (bicyclic) bond motifs is 1. The van der Waals surface area contributed by atoms with E-state index < -0.39 is 16.9 Å². The van der Waals surface area contributed by atoms with E-state index in [1.165, 1.54) is 28.8 Å². The van der Waals surface area contributed by atoms with Crippen molar-refractivity contribution in [1.29, 1.82) is 0 Å². The Balaban J connectivity index is 1.56. The molecule has 0 bridgehead atoms. The number of rotatable bonds is 7. The zero-order chi connectivity index (χ0) is 30.1. The number of halogens is 2. The first-order valence-electron chi connectivity index (χ1n) is 14.3. The van der Waals surface area contributed by atoms with Crippen LogP contribution in [0.25, 0.3) is 16.9 Å². The maximum atomic E-state index is 15.4. The van der Waals surface area contributed by atoms with Crippen LogP contribution in [0.5, 0.6) is 0 Å². The number of anilines is 1. The van der Waals surface area contributed by atoms with Gasteiger partial charge in [0.1, 0.15) is 24.0 Å². The van der Waals surface area contributed by atoms with Crippen LogP contribution < -0.4 is 10.2 Å². The average molecular weight is 603 g/mol. The molecule has 2 atom stereocenters. The van der Waals surface area contributed by atoms with Crippen LogP contribution in [-0.2, 0) is 14.3 Å². The lowest BCUT2D eigenvalue weighted by Gasteiger charge is -2.24. The zero-order valence-electron chi connectivity index (χ0n) is 24.0. The van der Waals surface area contributed by atoms with E-state index in [1.54, 1.807) is 4.68 Å². The molecule has 3 aromatic carbocycles. The van der Waals surface area contributed by atoms with Gasteiger partial charge >= 0.3 is 0 Å². The van der Waals surface area contributed by atoms with Crippen molar-refractivity contribution in [2.45, 2.75) is 38.0 Å². The van der Waals surface area contributed by atoms with Gasteiger partial charge in [0.2, 0.25) is 11.8 Å². The molecule has 2 aliphatic heterocycles. The molecule has 1 N–H and O–H groups in total. The van der Waals surface area contributed by atoms with Crippen molar-refractivity contribution >= 4 is 29.4 Å². The summed E-state index contributed by atoms with van der Waals surface area (Å²) in [6.07, 6.45) is 1.77. The van der Waals surface area contributed by atoms with Gasteiger partial charge in [-0.15, -0.1) is 11.8 Å². The fourth-order valence-electron chi connectivity index (χ4n) is 5.65. The maximum absolute atomic E-state index is 15.4. The van der Waals surface area contributed by atoms with E-state index in [1.807, 2.05) is 62.4 Å². The first-order chi connectivity index (χ1) is 20.8. The number of thioether (sulfide) groups is 1. The molecule has 0 unspecified atom stereocenters. The van der Waals surface area contributed by atoms with Crippen LogP contribution in [-0.4, -0.2) is 53.1 Å². The Morgan fingerprint density at radius 3 is 2.65 bits per heavy atom. The fraction of sp³-hybridized carbons (Fsp3) is 0.303. The molecule has 0 saturated carbocycles. The lowest BCUT2D eigenvalue weighted by Crippen LogP contribution is -2.44. The van der Waals surface area contributed by atoms with Gasteiger partial charge in [0.15, 0.2) is 0 Å². The van der Waals surface area contributed by atoms with E-state index in [-0.39, 0.29) is 35.8 Å². The third-order valence-electron chi connectivity index (χ3n) is 8.04. The molecule has 43 heavy (non-hydrogen) atoms. The number of aromatic nitrogens is 2. The summed E-state index contributed by atoms with van der Waals surface area (Å²) in [5.74, 6) is -1.66. The summed E-state index contributed by atoms with van der Waals surface area (Å²) in [4.78, 5) is 28.7. The fourth-order valence-corrected chi connectivity index (χ4v) is 6.87. The van der Waals surface area contributed by atoms with Gasteiger partial charge in [0.25, 0.3) is 0 Å². The number of carbonyl (C=O) groups excluding carboxylic acids is 2. The minimum absolute atomic E-state index is 0.0177. The number of nitrogens with zero attached hydrogens (tertiary/aromatic N) is 3. The molecule has 2 aliphatic rings. The molecule has 4 aromatic rings. The molecule has 0 aliphatic carbocycles. The number of aryl methyl sites for hydroxylation is 1. The van der Waals surface area contributed by atoms with E-state index in [0.29, 0.717) is 30.2 Å². The highest BCUT2D eigenvalue weighted by atomic mass is 32.2. The van der Waals surface area contributed by atoms with E-state index in [2.05, 4.69) is 5.32 Å². The molecule has 0 spiro atoms. The summed E-state index contributed by atoms with van der Waals surface area (Å²) in [6, 6.07) is 18.8.